The van der Waals surface area contributed by atoms with Gasteiger partial charge < -0.3 is 15.3 Å². The molecule has 3 N–H and O–H groups in total. The summed E-state index contributed by atoms with van der Waals surface area (Å²) >= 11 is 0. The fraction of sp³-hybridized carbons (Fsp3) is 0.333. The highest BCUT2D eigenvalue weighted by atomic mass is 16.4. The molecule has 1 atom stereocenters. The molecule has 0 bridgehead atoms. The zero-order valence-corrected chi connectivity index (χ0v) is 7.77. The van der Waals surface area contributed by atoms with Crippen molar-refractivity contribution >= 4 is 11.2 Å². The van der Waals surface area contributed by atoms with E-state index in [0.717, 1.165) is 5.56 Å². The average Bonchev–Trinajstić information content (AvgIpc) is 2.55. The zero-order chi connectivity index (χ0) is 10.1. The topological polar surface area (TPSA) is 85.2 Å². The summed E-state index contributed by atoms with van der Waals surface area (Å²) in [5, 5.41) is 8.87. The summed E-state index contributed by atoms with van der Waals surface area (Å²) in [6, 6.07) is 1.36. The van der Waals surface area contributed by atoms with Crippen LogP contribution in [0.2, 0.25) is 0 Å². The molecule has 0 saturated carbocycles. The van der Waals surface area contributed by atoms with Crippen molar-refractivity contribution < 1.29 is 9.52 Å². The molecule has 2 aromatic rings. The van der Waals surface area contributed by atoms with E-state index in [4.69, 9.17) is 15.3 Å². The van der Waals surface area contributed by atoms with Crippen LogP contribution in [0.4, 0.5) is 0 Å². The Labute approximate surface area is 80.6 Å². The Bertz CT molecular complexity index is 452. The van der Waals surface area contributed by atoms with Gasteiger partial charge in [0.2, 0.25) is 5.71 Å². The number of hydrogen-bond acceptors (Lipinski definition) is 5. The van der Waals surface area contributed by atoms with E-state index in [0.29, 0.717) is 17.1 Å². The minimum absolute atomic E-state index is 0.107. The molecule has 0 aromatic carbocycles. The van der Waals surface area contributed by atoms with Crippen LogP contribution in [0, 0.1) is 6.92 Å². The molecule has 0 spiro atoms. The fourth-order valence-corrected chi connectivity index (χ4v) is 1.26. The second-order valence-corrected chi connectivity index (χ2v) is 3.11. The Hall–Kier alpha value is -1.46. The summed E-state index contributed by atoms with van der Waals surface area (Å²) in [7, 11) is 0. The maximum absolute atomic E-state index is 8.87. The second-order valence-electron chi connectivity index (χ2n) is 3.11. The number of aryl methyl sites for hydroxylation is 1. The highest BCUT2D eigenvalue weighted by Crippen LogP contribution is 2.16. The molecule has 2 aromatic heterocycles. The van der Waals surface area contributed by atoms with Gasteiger partial charge >= 0.3 is 0 Å². The predicted molar refractivity (Wildman–Crippen MR) is 50.6 cm³/mol. The lowest BCUT2D eigenvalue weighted by atomic mass is 10.1. The second kappa shape index (κ2) is 3.36. The number of aromatic nitrogens is 2. The van der Waals surface area contributed by atoms with Crippen LogP contribution < -0.4 is 5.73 Å². The van der Waals surface area contributed by atoms with E-state index >= 15 is 0 Å². The Morgan fingerprint density at radius 2 is 2.43 bits per heavy atom. The molecular formula is C9H11N3O2. The van der Waals surface area contributed by atoms with Crippen LogP contribution in [0.3, 0.4) is 0 Å². The van der Waals surface area contributed by atoms with Gasteiger partial charge in [0.1, 0.15) is 5.52 Å². The van der Waals surface area contributed by atoms with Crippen molar-refractivity contribution in [3.63, 3.8) is 0 Å². The van der Waals surface area contributed by atoms with Gasteiger partial charge in [-0.05, 0) is 11.6 Å². The first kappa shape index (κ1) is 9.11. The van der Waals surface area contributed by atoms with Crippen LogP contribution in [-0.2, 0) is 0 Å². The Kier molecular flexibility index (Phi) is 2.18. The van der Waals surface area contributed by atoms with Crippen molar-refractivity contribution in [3.05, 3.63) is 23.7 Å². The van der Waals surface area contributed by atoms with Crippen molar-refractivity contribution in [2.24, 2.45) is 5.73 Å². The van der Waals surface area contributed by atoms with Gasteiger partial charge in [0.15, 0.2) is 5.89 Å². The monoisotopic (exact) mass is 193 g/mol. The van der Waals surface area contributed by atoms with Gasteiger partial charge in [-0.1, -0.05) is 0 Å². The lowest BCUT2D eigenvalue weighted by Crippen LogP contribution is -2.14. The molecule has 0 aliphatic rings. The Morgan fingerprint density at radius 1 is 1.64 bits per heavy atom. The highest BCUT2D eigenvalue weighted by molar-refractivity contribution is 5.68. The third-order valence-corrected chi connectivity index (χ3v) is 2.00. The molecule has 0 aliphatic carbocycles. The Balaban J connectivity index is 2.50. The smallest absolute Gasteiger partial charge is 0.246 e. The zero-order valence-electron chi connectivity index (χ0n) is 7.77. The van der Waals surface area contributed by atoms with Crippen molar-refractivity contribution in [3.8, 4) is 0 Å². The number of hydrogen-bond donors (Lipinski definition) is 2. The van der Waals surface area contributed by atoms with Crippen molar-refractivity contribution in [2.45, 2.75) is 13.0 Å². The first-order valence-electron chi connectivity index (χ1n) is 4.30. The standard InChI is InChI=1S/C9H11N3O2/c1-5-12-8-2-6(7(10)4-13)3-11-9(8)14-5/h2-3,7,13H,4,10H2,1H3. The molecule has 2 rings (SSSR count). The minimum Gasteiger partial charge on any atom is -0.423 e. The first-order valence-corrected chi connectivity index (χ1v) is 4.30. The van der Waals surface area contributed by atoms with E-state index in [1.54, 1.807) is 19.2 Å². The third-order valence-electron chi connectivity index (χ3n) is 2.00. The van der Waals surface area contributed by atoms with Crippen LogP contribution in [0.25, 0.3) is 11.2 Å². The van der Waals surface area contributed by atoms with Crippen LogP contribution in [0.5, 0.6) is 0 Å². The summed E-state index contributed by atoms with van der Waals surface area (Å²) in [6.45, 7) is 1.65. The van der Waals surface area contributed by atoms with Crippen molar-refractivity contribution in [2.75, 3.05) is 6.61 Å². The van der Waals surface area contributed by atoms with Crippen LogP contribution in [0.15, 0.2) is 16.7 Å². The van der Waals surface area contributed by atoms with Crippen LogP contribution >= 0.6 is 0 Å². The number of fused-ring (bicyclic) bond motifs is 1. The number of aliphatic hydroxyl groups excluding tert-OH is 1. The molecule has 0 saturated heterocycles. The molecular weight excluding hydrogens is 182 g/mol. The van der Waals surface area contributed by atoms with Gasteiger partial charge in [-0.3, -0.25) is 0 Å². The molecule has 0 aliphatic heterocycles. The highest BCUT2D eigenvalue weighted by Gasteiger charge is 2.09. The summed E-state index contributed by atoms with van der Waals surface area (Å²) < 4.78 is 5.21. The predicted octanol–water partition coefficient (Wildman–Crippen LogP) is 0.523. The quantitative estimate of drug-likeness (QED) is 0.726. The average molecular weight is 193 g/mol. The number of aliphatic hydroxyl groups is 1. The Morgan fingerprint density at radius 3 is 3.14 bits per heavy atom. The number of pyridine rings is 1. The lowest BCUT2D eigenvalue weighted by Gasteiger charge is -2.06. The molecule has 1 unspecified atom stereocenters. The molecule has 74 valence electrons. The summed E-state index contributed by atoms with van der Waals surface area (Å²) in [6.07, 6.45) is 1.59. The van der Waals surface area contributed by atoms with E-state index in [2.05, 4.69) is 9.97 Å². The van der Waals surface area contributed by atoms with Gasteiger partial charge in [0, 0.05) is 13.1 Å². The molecule has 0 amide bonds. The number of nitrogens with zero attached hydrogens (tertiary/aromatic N) is 2. The van der Waals surface area contributed by atoms with E-state index in [1.807, 2.05) is 0 Å². The van der Waals surface area contributed by atoms with E-state index in [-0.39, 0.29) is 6.61 Å². The van der Waals surface area contributed by atoms with E-state index in [1.165, 1.54) is 0 Å². The van der Waals surface area contributed by atoms with Gasteiger partial charge in [-0.25, -0.2) is 9.97 Å². The summed E-state index contributed by atoms with van der Waals surface area (Å²) in [5.41, 5.74) is 7.57. The minimum atomic E-state index is -0.413. The molecule has 5 heteroatoms. The molecule has 2 heterocycles. The first-order chi connectivity index (χ1) is 6.70. The SMILES string of the molecule is Cc1nc2cc(C(N)CO)cnc2o1. The van der Waals surface area contributed by atoms with Gasteiger partial charge in [0.25, 0.3) is 0 Å². The molecule has 0 fully saturated rings. The van der Waals surface area contributed by atoms with Gasteiger partial charge in [-0.15, -0.1) is 0 Å². The van der Waals surface area contributed by atoms with Crippen LogP contribution in [-0.4, -0.2) is 21.7 Å². The van der Waals surface area contributed by atoms with Gasteiger partial charge in [-0.2, -0.15) is 0 Å². The molecule has 14 heavy (non-hydrogen) atoms. The van der Waals surface area contributed by atoms with Crippen molar-refractivity contribution in [1.29, 1.82) is 0 Å². The fourth-order valence-electron chi connectivity index (χ4n) is 1.26. The van der Waals surface area contributed by atoms with Crippen LogP contribution in [0.1, 0.15) is 17.5 Å². The maximum atomic E-state index is 8.87. The number of rotatable bonds is 2. The maximum Gasteiger partial charge on any atom is 0.246 e. The largest absolute Gasteiger partial charge is 0.423 e. The molecule has 0 radical (unpaired) electrons. The molecule has 5 nitrogen and oxygen atoms in total. The number of oxazole rings is 1. The van der Waals surface area contributed by atoms with E-state index < -0.39 is 6.04 Å². The lowest BCUT2D eigenvalue weighted by molar-refractivity contribution is 0.268. The van der Waals surface area contributed by atoms with Gasteiger partial charge in [0.05, 0.1) is 12.6 Å². The summed E-state index contributed by atoms with van der Waals surface area (Å²) in [5.74, 6) is 0.571. The normalized spacial score (nSPS) is 13.4. The van der Waals surface area contributed by atoms with E-state index in [9.17, 15) is 0 Å². The number of nitrogens with two attached hydrogens (primary N) is 1. The third kappa shape index (κ3) is 1.47. The summed E-state index contributed by atoms with van der Waals surface area (Å²) in [4.78, 5) is 8.17. The van der Waals surface area contributed by atoms with Crippen molar-refractivity contribution in [1.82, 2.24) is 9.97 Å².